The highest BCUT2D eigenvalue weighted by atomic mass is 16.7. The summed E-state index contributed by atoms with van der Waals surface area (Å²) in [5.41, 5.74) is 1.62. The van der Waals surface area contributed by atoms with Gasteiger partial charge in [-0.15, -0.1) is 0 Å². The van der Waals surface area contributed by atoms with E-state index in [1.807, 2.05) is 36.4 Å². The van der Waals surface area contributed by atoms with E-state index >= 15 is 0 Å². The summed E-state index contributed by atoms with van der Waals surface area (Å²) >= 11 is 0. The second-order valence-corrected chi connectivity index (χ2v) is 6.69. The molecule has 118 valence electrons. The molecule has 2 aliphatic heterocycles. The van der Waals surface area contributed by atoms with Crippen molar-refractivity contribution in [2.24, 2.45) is 5.16 Å². The summed E-state index contributed by atoms with van der Waals surface area (Å²) in [5, 5.41) is 6.14. The van der Waals surface area contributed by atoms with E-state index in [2.05, 4.69) is 12.2 Å². The van der Waals surface area contributed by atoms with Gasteiger partial charge in [0, 0.05) is 25.7 Å². The largest absolute Gasteiger partial charge is 0.366 e. The summed E-state index contributed by atoms with van der Waals surface area (Å²) in [6.45, 7) is 0. The highest BCUT2D eigenvalue weighted by molar-refractivity contribution is 6.04. The van der Waals surface area contributed by atoms with Crippen molar-refractivity contribution in [3.8, 4) is 0 Å². The third-order valence-corrected chi connectivity index (χ3v) is 5.38. The van der Waals surface area contributed by atoms with Crippen molar-refractivity contribution in [1.29, 1.82) is 0 Å². The van der Waals surface area contributed by atoms with Crippen molar-refractivity contribution in [3.05, 3.63) is 48.0 Å². The number of piperidine rings is 1. The van der Waals surface area contributed by atoms with E-state index in [0.29, 0.717) is 17.6 Å². The Morgan fingerprint density at radius 2 is 1.78 bits per heavy atom. The van der Waals surface area contributed by atoms with Gasteiger partial charge >= 0.3 is 5.97 Å². The van der Waals surface area contributed by atoms with Gasteiger partial charge in [0.2, 0.25) is 0 Å². The SMILES string of the molecule is C[NH+]1[C@@H]2CC[C@H]1CC(=NOC(=O)c1cccc3ccccc13)C2. The Bertz CT molecular complexity index is 763. The van der Waals surface area contributed by atoms with E-state index in [1.165, 1.54) is 12.8 Å². The zero-order chi connectivity index (χ0) is 15.8. The smallest absolute Gasteiger partial charge is 0.332 e. The van der Waals surface area contributed by atoms with E-state index in [-0.39, 0.29) is 5.97 Å². The summed E-state index contributed by atoms with van der Waals surface area (Å²) in [7, 11) is 2.27. The van der Waals surface area contributed by atoms with Gasteiger partial charge in [-0.2, -0.15) is 0 Å². The first-order valence-electron chi connectivity index (χ1n) is 8.30. The third kappa shape index (κ3) is 2.63. The van der Waals surface area contributed by atoms with E-state index < -0.39 is 0 Å². The molecule has 0 spiro atoms. The van der Waals surface area contributed by atoms with Crippen LogP contribution in [0, 0.1) is 0 Å². The van der Waals surface area contributed by atoms with E-state index in [0.717, 1.165) is 29.3 Å². The van der Waals surface area contributed by atoms with Crippen LogP contribution in [0.3, 0.4) is 0 Å². The molecule has 23 heavy (non-hydrogen) atoms. The molecule has 2 aromatic rings. The molecule has 2 heterocycles. The van der Waals surface area contributed by atoms with Gasteiger partial charge in [0.25, 0.3) is 0 Å². The number of rotatable bonds is 2. The van der Waals surface area contributed by atoms with Crippen molar-refractivity contribution in [2.45, 2.75) is 37.8 Å². The van der Waals surface area contributed by atoms with Gasteiger partial charge in [-0.3, -0.25) is 0 Å². The van der Waals surface area contributed by atoms with Crippen LogP contribution >= 0.6 is 0 Å². The molecular weight excluding hydrogens is 288 g/mol. The highest BCUT2D eigenvalue weighted by Gasteiger charge is 2.41. The van der Waals surface area contributed by atoms with Crippen LogP contribution in [0.25, 0.3) is 10.8 Å². The van der Waals surface area contributed by atoms with Crippen molar-refractivity contribution < 1.29 is 14.5 Å². The Labute approximate surface area is 135 Å². The number of oxime groups is 1. The normalized spacial score (nSPS) is 28.2. The molecule has 2 fully saturated rings. The first kappa shape index (κ1) is 14.4. The summed E-state index contributed by atoms with van der Waals surface area (Å²) in [4.78, 5) is 19.3. The Morgan fingerprint density at radius 1 is 1.09 bits per heavy atom. The van der Waals surface area contributed by atoms with Crippen LogP contribution in [0.15, 0.2) is 47.6 Å². The third-order valence-electron chi connectivity index (χ3n) is 5.38. The minimum Gasteiger partial charge on any atom is -0.332 e. The maximum Gasteiger partial charge on any atom is 0.366 e. The van der Waals surface area contributed by atoms with Crippen LogP contribution in [-0.4, -0.2) is 30.8 Å². The Hall–Kier alpha value is -2.20. The predicted molar refractivity (Wildman–Crippen MR) is 89.7 cm³/mol. The maximum absolute atomic E-state index is 12.4. The Kier molecular flexibility index (Phi) is 3.62. The number of nitrogens with zero attached hydrogens (tertiary/aromatic N) is 1. The fourth-order valence-corrected chi connectivity index (χ4v) is 4.00. The quantitative estimate of drug-likeness (QED) is 0.682. The van der Waals surface area contributed by atoms with Crippen LogP contribution in [0.1, 0.15) is 36.0 Å². The number of carbonyl (C=O) groups excluding carboxylic acids is 1. The average molecular weight is 309 g/mol. The molecule has 2 saturated heterocycles. The van der Waals surface area contributed by atoms with Crippen molar-refractivity contribution in [3.63, 3.8) is 0 Å². The lowest BCUT2D eigenvalue weighted by atomic mass is 10.0. The molecule has 0 aliphatic carbocycles. The van der Waals surface area contributed by atoms with Gasteiger partial charge in [0.05, 0.1) is 30.4 Å². The number of nitrogens with one attached hydrogen (secondary N) is 1. The number of carbonyl (C=O) groups is 1. The number of benzene rings is 2. The number of hydrogen-bond donors (Lipinski definition) is 1. The lowest BCUT2D eigenvalue weighted by Gasteiger charge is -2.28. The zero-order valence-corrected chi connectivity index (χ0v) is 13.3. The lowest BCUT2D eigenvalue weighted by molar-refractivity contribution is -0.917. The van der Waals surface area contributed by atoms with Crippen LogP contribution in [0.4, 0.5) is 0 Å². The van der Waals surface area contributed by atoms with Crippen LogP contribution < -0.4 is 4.90 Å². The van der Waals surface area contributed by atoms with E-state index in [1.54, 1.807) is 11.0 Å². The maximum atomic E-state index is 12.4. The highest BCUT2D eigenvalue weighted by Crippen LogP contribution is 2.22. The molecule has 4 rings (SSSR count). The predicted octanol–water partition coefficient (Wildman–Crippen LogP) is 2.19. The average Bonchev–Trinajstić information content (AvgIpc) is 2.80. The molecule has 0 amide bonds. The fourth-order valence-electron chi connectivity index (χ4n) is 4.00. The molecule has 3 atom stereocenters. The second-order valence-electron chi connectivity index (χ2n) is 6.69. The molecular formula is C19H21N2O2+. The minimum absolute atomic E-state index is 0.368. The van der Waals surface area contributed by atoms with E-state index in [4.69, 9.17) is 4.84 Å². The van der Waals surface area contributed by atoms with Gasteiger partial charge in [-0.1, -0.05) is 41.6 Å². The van der Waals surface area contributed by atoms with Crippen LogP contribution in [0.5, 0.6) is 0 Å². The standard InChI is InChI=1S/C19H20N2O2/c1-21-15-9-10-16(21)12-14(11-15)20-23-19(22)18-8-4-6-13-5-2-3-7-17(13)18/h2-8,15-16H,9-12H2,1H3/p+1/t15-,16+. The van der Waals surface area contributed by atoms with Crippen LogP contribution in [-0.2, 0) is 4.84 Å². The summed E-state index contributed by atoms with van der Waals surface area (Å²) < 4.78 is 0. The van der Waals surface area contributed by atoms with Gasteiger partial charge < -0.3 is 9.74 Å². The molecule has 2 bridgehead atoms. The van der Waals surface area contributed by atoms with Gasteiger partial charge in [-0.25, -0.2) is 4.79 Å². The zero-order valence-electron chi connectivity index (χ0n) is 13.3. The molecule has 4 heteroatoms. The van der Waals surface area contributed by atoms with Crippen molar-refractivity contribution >= 4 is 22.5 Å². The Morgan fingerprint density at radius 3 is 2.57 bits per heavy atom. The molecule has 0 aromatic heterocycles. The van der Waals surface area contributed by atoms with Gasteiger partial charge in [0.1, 0.15) is 0 Å². The Balaban J connectivity index is 1.53. The first-order chi connectivity index (χ1) is 11.2. The molecule has 1 N–H and O–H groups in total. The van der Waals surface area contributed by atoms with Crippen LogP contribution in [0.2, 0.25) is 0 Å². The first-order valence-corrected chi connectivity index (χ1v) is 8.30. The van der Waals surface area contributed by atoms with Gasteiger partial charge in [-0.05, 0) is 16.8 Å². The molecule has 0 saturated carbocycles. The molecule has 4 nitrogen and oxygen atoms in total. The van der Waals surface area contributed by atoms with Crippen molar-refractivity contribution in [1.82, 2.24) is 0 Å². The van der Waals surface area contributed by atoms with Gasteiger partial charge in [0.15, 0.2) is 0 Å². The fraction of sp³-hybridized carbons (Fsp3) is 0.368. The number of quaternary nitrogens is 1. The monoisotopic (exact) mass is 309 g/mol. The lowest BCUT2D eigenvalue weighted by Crippen LogP contribution is -3.15. The second kappa shape index (κ2) is 5.78. The molecule has 2 aliphatic rings. The number of hydrogen-bond acceptors (Lipinski definition) is 3. The van der Waals surface area contributed by atoms with E-state index in [9.17, 15) is 4.79 Å². The molecule has 1 unspecified atom stereocenters. The summed E-state index contributed by atoms with van der Waals surface area (Å²) in [6.07, 6.45) is 4.41. The summed E-state index contributed by atoms with van der Waals surface area (Å²) in [5.74, 6) is -0.368. The molecule has 2 aromatic carbocycles. The summed E-state index contributed by atoms with van der Waals surface area (Å²) in [6, 6.07) is 14.8. The number of fused-ring (bicyclic) bond motifs is 3. The minimum atomic E-state index is -0.368. The topological polar surface area (TPSA) is 43.1 Å². The van der Waals surface area contributed by atoms with Crippen molar-refractivity contribution in [2.75, 3.05) is 7.05 Å². The molecule has 0 radical (unpaired) electrons.